The second-order valence-electron chi connectivity index (χ2n) is 3.68. The van der Waals surface area contributed by atoms with Gasteiger partial charge < -0.3 is 5.32 Å². The molecular weight excluding hydrogens is 356 g/mol. The van der Waals surface area contributed by atoms with E-state index in [1.807, 2.05) is 0 Å². The van der Waals surface area contributed by atoms with Crippen LogP contribution in [0.4, 0.5) is 10.1 Å². The van der Waals surface area contributed by atoms with Crippen LogP contribution in [-0.4, -0.2) is 5.91 Å². The van der Waals surface area contributed by atoms with Gasteiger partial charge in [0.05, 0.1) is 16.3 Å². The summed E-state index contributed by atoms with van der Waals surface area (Å²) in [5.41, 5.74) is 0.302. The van der Waals surface area contributed by atoms with Gasteiger partial charge in [0.1, 0.15) is 5.82 Å². The zero-order chi connectivity index (χ0) is 14.0. The Morgan fingerprint density at radius 2 is 1.95 bits per heavy atom. The predicted molar refractivity (Wildman–Crippen MR) is 78.5 cm³/mol. The molecule has 98 valence electrons. The van der Waals surface area contributed by atoms with E-state index in [2.05, 4.69) is 21.2 Å². The number of benzene rings is 2. The third-order valence-corrected chi connectivity index (χ3v) is 3.91. The molecule has 0 bridgehead atoms. The lowest BCUT2D eigenvalue weighted by atomic mass is 10.2. The van der Waals surface area contributed by atoms with Gasteiger partial charge in [0.2, 0.25) is 0 Å². The maximum atomic E-state index is 13.6. The highest BCUT2D eigenvalue weighted by Crippen LogP contribution is 2.27. The number of carbonyl (C=O) groups excluding carboxylic acids is 1. The molecule has 0 aromatic heterocycles. The van der Waals surface area contributed by atoms with Crippen molar-refractivity contribution in [1.29, 1.82) is 0 Å². The molecule has 0 fully saturated rings. The molecule has 0 aliphatic rings. The van der Waals surface area contributed by atoms with Gasteiger partial charge in [-0.05, 0) is 46.3 Å². The van der Waals surface area contributed by atoms with Gasteiger partial charge in [0, 0.05) is 9.50 Å². The fraction of sp³-hybridized carbons (Fsp3) is 0. The number of nitrogens with one attached hydrogen (secondary N) is 1. The summed E-state index contributed by atoms with van der Waals surface area (Å²) in [4.78, 5) is 12.0. The van der Waals surface area contributed by atoms with E-state index in [0.717, 1.165) is 6.07 Å². The Balaban J connectivity index is 2.28. The van der Waals surface area contributed by atoms with Crippen molar-refractivity contribution >= 4 is 50.7 Å². The van der Waals surface area contributed by atoms with Gasteiger partial charge in [-0.15, -0.1) is 0 Å². The van der Waals surface area contributed by atoms with Gasteiger partial charge in [-0.3, -0.25) is 4.79 Å². The Kier molecular flexibility index (Phi) is 4.45. The van der Waals surface area contributed by atoms with Crippen molar-refractivity contribution in [3.05, 3.63) is 62.3 Å². The second-order valence-corrected chi connectivity index (χ2v) is 5.35. The number of carbonyl (C=O) groups is 1. The van der Waals surface area contributed by atoms with E-state index in [1.54, 1.807) is 18.2 Å². The minimum Gasteiger partial charge on any atom is -0.319 e. The Bertz CT molecular complexity index is 649. The minimum atomic E-state index is -0.605. The number of amides is 1. The molecule has 19 heavy (non-hydrogen) atoms. The van der Waals surface area contributed by atoms with Crippen LogP contribution in [0.2, 0.25) is 10.0 Å². The number of hydrogen-bond donors (Lipinski definition) is 1. The number of halogens is 4. The molecule has 2 aromatic rings. The highest BCUT2D eigenvalue weighted by atomic mass is 79.9. The third-order valence-electron chi connectivity index (χ3n) is 2.38. The van der Waals surface area contributed by atoms with Crippen LogP contribution in [0, 0.1) is 5.82 Å². The first kappa shape index (κ1) is 14.3. The topological polar surface area (TPSA) is 29.1 Å². The lowest BCUT2D eigenvalue weighted by molar-refractivity contribution is 0.102. The van der Waals surface area contributed by atoms with Crippen molar-refractivity contribution in [3.8, 4) is 0 Å². The summed E-state index contributed by atoms with van der Waals surface area (Å²) < 4.78 is 14.2. The van der Waals surface area contributed by atoms with E-state index in [9.17, 15) is 9.18 Å². The number of hydrogen-bond acceptors (Lipinski definition) is 1. The molecule has 1 N–H and O–H groups in total. The smallest absolute Gasteiger partial charge is 0.257 e. The second kappa shape index (κ2) is 5.90. The quantitative estimate of drug-likeness (QED) is 0.786. The first-order valence-corrected chi connectivity index (χ1v) is 6.74. The maximum absolute atomic E-state index is 13.6. The molecule has 0 saturated heterocycles. The summed E-state index contributed by atoms with van der Waals surface area (Å²) in [6.45, 7) is 0. The number of rotatable bonds is 2. The van der Waals surface area contributed by atoms with Gasteiger partial charge in [0.15, 0.2) is 0 Å². The number of anilines is 1. The van der Waals surface area contributed by atoms with Crippen molar-refractivity contribution in [2.45, 2.75) is 0 Å². The average molecular weight is 363 g/mol. The molecule has 1 amide bonds. The van der Waals surface area contributed by atoms with E-state index in [-0.39, 0.29) is 21.3 Å². The van der Waals surface area contributed by atoms with E-state index >= 15 is 0 Å². The molecule has 2 rings (SSSR count). The highest BCUT2D eigenvalue weighted by molar-refractivity contribution is 9.10. The molecule has 0 heterocycles. The Labute approximate surface area is 127 Å². The van der Waals surface area contributed by atoms with Gasteiger partial charge in [0.25, 0.3) is 5.91 Å². The Morgan fingerprint density at radius 3 is 2.63 bits per heavy atom. The normalized spacial score (nSPS) is 10.3. The van der Waals surface area contributed by atoms with Gasteiger partial charge >= 0.3 is 0 Å². The van der Waals surface area contributed by atoms with E-state index < -0.39 is 11.7 Å². The molecular formula is C13H7BrCl2FNO. The summed E-state index contributed by atoms with van der Waals surface area (Å²) >= 11 is 14.9. The fourth-order valence-corrected chi connectivity index (χ4v) is 2.20. The van der Waals surface area contributed by atoms with Gasteiger partial charge in [-0.25, -0.2) is 4.39 Å². The van der Waals surface area contributed by atoms with Crippen LogP contribution in [0.5, 0.6) is 0 Å². The van der Waals surface area contributed by atoms with Crippen molar-refractivity contribution < 1.29 is 9.18 Å². The summed E-state index contributed by atoms with van der Waals surface area (Å²) in [6, 6.07) is 8.94. The molecule has 0 radical (unpaired) electrons. The lowest BCUT2D eigenvalue weighted by Gasteiger charge is -2.08. The molecule has 0 aliphatic heterocycles. The maximum Gasteiger partial charge on any atom is 0.257 e. The SMILES string of the molecule is O=C(Nc1ccc(Cl)cc1F)c1cccc(Br)c1Cl. The van der Waals surface area contributed by atoms with Crippen molar-refractivity contribution in [1.82, 2.24) is 0 Å². The zero-order valence-corrected chi connectivity index (χ0v) is 12.5. The third kappa shape index (κ3) is 3.26. The van der Waals surface area contributed by atoms with Crippen molar-refractivity contribution in [2.24, 2.45) is 0 Å². The summed E-state index contributed by atoms with van der Waals surface area (Å²) in [5, 5.41) is 2.98. The van der Waals surface area contributed by atoms with Crippen LogP contribution in [0.15, 0.2) is 40.9 Å². The fourth-order valence-electron chi connectivity index (χ4n) is 1.46. The Hall–Kier alpha value is -1.10. The first-order valence-electron chi connectivity index (χ1n) is 5.19. The van der Waals surface area contributed by atoms with Crippen LogP contribution in [0.3, 0.4) is 0 Å². The average Bonchev–Trinajstić information content (AvgIpc) is 2.36. The molecule has 2 nitrogen and oxygen atoms in total. The van der Waals surface area contributed by atoms with Gasteiger partial charge in [-0.1, -0.05) is 29.3 Å². The molecule has 2 aromatic carbocycles. The Morgan fingerprint density at radius 1 is 1.21 bits per heavy atom. The summed E-state index contributed by atoms with van der Waals surface area (Å²) in [6.07, 6.45) is 0. The molecule has 0 spiro atoms. The molecule has 0 unspecified atom stereocenters. The zero-order valence-electron chi connectivity index (χ0n) is 9.38. The van der Waals surface area contributed by atoms with Crippen LogP contribution in [0.1, 0.15) is 10.4 Å². The molecule has 0 aliphatic carbocycles. The van der Waals surface area contributed by atoms with E-state index in [4.69, 9.17) is 23.2 Å². The van der Waals surface area contributed by atoms with Crippen LogP contribution in [0.25, 0.3) is 0 Å². The predicted octanol–water partition coefficient (Wildman–Crippen LogP) is 5.15. The van der Waals surface area contributed by atoms with E-state index in [0.29, 0.717) is 4.47 Å². The minimum absolute atomic E-state index is 0.0467. The summed E-state index contributed by atoms with van der Waals surface area (Å²) in [5.74, 6) is -1.10. The van der Waals surface area contributed by atoms with Gasteiger partial charge in [-0.2, -0.15) is 0 Å². The largest absolute Gasteiger partial charge is 0.319 e. The first-order chi connectivity index (χ1) is 8.99. The standard InChI is InChI=1S/C13H7BrCl2FNO/c14-9-3-1-2-8(12(9)16)13(19)18-11-5-4-7(15)6-10(11)17/h1-6H,(H,18,19). The van der Waals surface area contributed by atoms with E-state index in [1.165, 1.54) is 12.1 Å². The highest BCUT2D eigenvalue weighted by Gasteiger charge is 2.14. The van der Waals surface area contributed by atoms with Crippen LogP contribution >= 0.6 is 39.1 Å². The van der Waals surface area contributed by atoms with Crippen molar-refractivity contribution in [3.63, 3.8) is 0 Å². The lowest BCUT2D eigenvalue weighted by Crippen LogP contribution is -2.13. The van der Waals surface area contributed by atoms with Crippen LogP contribution in [-0.2, 0) is 0 Å². The monoisotopic (exact) mass is 361 g/mol. The molecule has 0 saturated carbocycles. The summed E-state index contributed by atoms with van der Waals surface area (Å²) in [7, 11) is 0. The van der Waals surface area contributed by atoms with Crippen molar-refractivity contribution in [2.75, 3.05) is 5.32 Å². The molecule has 6 heteroatoms. The van der Waals surface area contributed by atoms with Crippen LogP contribution < -0.4 is 5.32 Å². The molecule has 0 atom stereocenters.